The lowest BCUT2D eigenvalue weighted by molar-refractivity contribution is -0.151. The van der Waals surface area contributed by atoms with Gasteiger partial charge in [0.15, 0.2) is 0 Å². The van der Waals surface area contributed by atoms with E-state index >= 15 is 0 Å². The van der Waals surface area contributed by atoms with E-state index in [1.165, 1.54) is 4.90 Å². The van der Waals surface area contributed by atoms with Gasteiger partial charge in [0.1, 0.15) is 12.6 Å². The molecule has 1 aliphatic heterocycles. The summed E-state index contributed by atoms with van der Waals surface area (Å²) in [5.74, 6) is -3.07. The molecule has 0 aromatic rings. The number of hydrogen-bond acceptors (Lipinski definition) is 4. The Kier molecular flexibility index (Phi) is 3.55. The molecule has 0 aromatic heterocycles. The van der Waals surface area contributed by atoms with E-state index in [0.717, 1.165) is 0 Å². The number of carboxylic acid groups (broad SMARTS) is 1. The summed E-state index contributed by atoms with van der Waals surface area (Å²) in [6, 6.07) is -0.686. The molecule has 1 unspecified atom stereocenters. The summed E-state index contributed by atoms with van der Waals surface area (Å²) >= 11 is 0. The second-order valence-electron chi connectivity index (χ2n) is 5.10. The highest BCUT2D eigenvalue weighted by Gasteiger charge is 2.40. The van der Waals surface area contributed by atoms with Crippen LogP contribution >= 0.6 is 0 Å². The first-order valence-electron chi connectivity index (χ1n) is 6.27. The lowest BCUT2D eigenvalue weighted by Crippen LogP contribution is -2.59. The van der Waals surface area contributed by atoms with Crippen LogP contribution in [0.15, 0.2) is 0 Å². The predicted octanol–water partition coefficient (Wildman–Crippen LogP) is -0.639. The fourth-order valence-corrected chi connectivity index (χ4v) is 2.65. The van der Waals surface area contributed by atoms with Crippen molar-refractivity contribution in [2.24, 2.45) is 11.8 Å². The van der Waals surface area contributed by atoms with Gasteiger partial charge in [-0.25, -0.2) is 0 Å². The van der Waals surface area contributed by atoms with Crippen molar-refractivity contribution >= 4 is 23.7 Å². The first kappa shape index (κ1) is 13.5. The topological polar surface area (TPSA) is 104 Å². The van der Waals surface area contributed by atoms with Crippen LogP contribution in [0.1, 0.15) is 26.2 Å². The molecule has 3 atom stereocenters. The van der Waals surface area contributed by atoms with Crippen LogP contribution in [0.25, 0.3) is 0 Å². The van der Waals surface area contributed by atoms with E-state index in [1.807, 2.05) is 0 Å². The third-order valence-corrected chi connectivity index (χ3v) is 3.84. The van der Waals surface area contributed by atoms with Crippen molar-refractivity contribution in [1.82, 2.24) is 10.2 Å². The SMILES string of the molecule is CC1C(=O)NC(=O)CN1C(=O)[C@@H]1CC[C@H](C(=O)O)C1. The third-order valence-electron chi connectivity index (χ3n) is 3.84. The molecular weight excluding hydrogens is 252 g/mol. The Balaban J connectivity index is 2.05. The fourth-order valence-electron chi connectivity index (χ4n) is 2.65. The van der Waals surface area contributed by atoms with Crippen LogP contribution in [0.2, 0.25) is 0 Å². The van der Waals surface area contributed by atoms with Crippen molar-refractivity contribution in [1.29, 1.82) is 0 Å². The van der Waals surface area contributed by atoms with Crippen LogP contribution in [0.5, 0.6) is 0 Å². The summed E-state index contributed by atoms with van der Waals surface area (Å²) < 4.78 is 0. The standard InChI is InChI=1S/C12H16N2O5/c1-6-10(16)13-9(15)5-14(6)11(17)7-2-3-8(4-7)12(18)19/h6-8H,2-5H2,1H3,(H,18,19)(H,13,15,16)/t6?,7-,8+/m1/s1. The van der Waals surface area contributed by atoms with Gasteiger partial charge in [-0.15, -0.1) is 0 Å². The minimum atomic E-state index is -0.893. The van der Waals surface area contributed by atoms with Gasteiger partial charge in [-0.1, -0.05) is 0 Å². The molecular formula is C12H16N2O5. The zero-order valence-electron chi connectivity index (χ0n) is 10.6. The smallest absolute Gasteiger partial charge is 0.306 e. The van der Waals surface area contributed by atoms with Gasteiger partial charge in [-0.05, 0) is 26.2 Å². The molecule has 2 aliphatic rings. The van der Waals surface area contributed by atoms with Crippen LogP contribution in [-0.2, 0) is 19.2 Å². The molecule has 19 heavy (non-hydrogen) atoms. The van der Waals surface area contributed by atoms with Gasteiger partial charge in [0.05, 0.1) is 5.92 Å². The van der Waals surface area contributed by atoms with E-state index in [1.54, 1.807) is 6.92 Å². The van der Waals surface area contributed by atoms with Gasteiger partial charge in [0, 0.05) is 5.92 Å². The van der Waals surface area contributed by atoms with Gasteiger partial charge in [0.2, 0.25) is 17.7 Å². The van der Waals surface area contributed by atoms with Crippen molar-refractivity contribution in [2.75, 3.05) is 6.54 Å². The van der Waals surface area contributed by atoms with Crippen LogP contribution in [0, 0.1) is 11.8 Å². The molecule has 2 rings (SSSR count). The highest BCUT2D eigenvalue weighted by molar-refractivity contribution is 6.04. The van der Waals surface area contributed by atoms with Crippen molar-refractivity contribution in [2.45, 2.75) is 32.2 Å². The molecule has 0 aromatic carbocycles. The number of piperazine rings is 1. The molecule has 1 saturated heterocycles. The predicted molar refractivity (Wildman–Crippen MR) is 62.8 cm³/mol. The number of aliphatic carboxylic acids is 1. The molecule has 104 valence electrons. The van der Waals surface area contributed by atoms with Crippen molar-refractivity contribution < 1.29 is 24.3 Å². The number of rotatable bonds is 2. The second kappa shape index (κ2) is 4.99. The maximum atomic E-state index is 12.3. The Morgan fingerprint density at radius 3 is 2.47 bits per heavy atom. The average molecular weight is 268 g/mol. The molecule has 2 N–H and O–H groups in total. The molecule has 3 amide bonds. The van der Waals surface area contributed by atoms with Crippen LogP contribution in [0.4, 0.5) is 0 Å². The van der Waals surface area contributed by atoms with Crippen molar-refractivity contribution in [3.05, 3.63) is 0 Å². The fraction of sp³-hybridized carbons (Fsp3) is 0.667. The largest absolute Gasteiger partial charge is 0.481 e. The number of amides is 3. The van der Waals surface area contributed by atoms with Crippen LogP contribution in [0.3, 0.4) is 0 Å². The lowest BCUT2D eigenvalue weighted by Gasteiger charge is -2.33. The first-order chi connectivity index (χ1) is 8.90. The Morgan fingerprint density at radius 2 is 1.89 bits per heavy atom. The zero-order valence-corrected chi connectivity index (χ0v) is 10.6. The average Bonchev–Trinajstić information content (AvgIpc) is 2.82. The summed E-state index contributed by atoms with van der Waals surface area (Å²) in [6.45, 7) is 1.42. The number of hydrogen-bond donors (Lipinski definition) is 2. The van der Waals surface area contributed by atoms with Gasteiger partial charge in [-0.3, -0.25) is 24.5 Å². The molecule has 1 heterocycles. The summed E-state index contributed by atoms with van der Waals surface area (Å²) in [7, 11) is 0. The minimum Gasteiger partial charge on any atom is -0.481 e. The van der Waals surface area contributed by atoms with E-state index in [-0.39, 0.29) is 18.9 Å². The summed E-state index contributed by atoms with van der Waals surface area (Å²) in [5.41, 5.74) is 0. The van der Waals surface area contributed by atoms with Gasteiger partial charge >= 0.3 is 5.97 Å². The number of imide groups is 1. The Bertz CT molecular complexity index is 447. The molecule has 7 nitrogen and oxygen atoms in total. The molecule has 0 bridgehead atoms. The van der Waals surface area contributed by atoms with Gasteiger partial charge in [0.25, 0.3) is 0 Å². The van der Waals surface area contributed by atoms with Crippen molar-refractivity contribution in [3.63, 3.8) is 0 Å². The maximum Gasteiger partial charge on any atom is 0.306 e. The number of carboxylic acids is 1. The molecule has 0 radical (unpaired) electrons. The number of carbonyl (C=O) groups is 4. The quantitative estimate of drug-likeness (QED) is 0.648. The minimum absolute atomic E-state index is 0.139. The molecule has 1 aliphatic carbocycles. The summed E-state index contributed by atoms with van der Waals surface area (Å²) in [5, 5.41) is 11.1. The normalized spacial score (nSPS) is 31.2. The van der Waals surface area contributed by atoms with E-state index in [0.29, 0.717) is 12.8 Å². The Hall–Kier alpha value is -1.92. The zero-order chi connectivity index (χ0) is 14.2. The highest BCUT2D eigenvalue weighted by atomic mass is 16.4. The number of nitrogens with one attached hydrogen (secondary N) is 1. The molecule has 0 spiro atoms. The first-order valence-corrected chi connectivity index (χ1v) is 6.27. The summed E-state index contributed by atoms with van der Waals surface area (Å²) in [4.78, 5) is 47.2. The monoisotopic (exact) mass is 268 g/mol. The molecule has 7 heteroatoms. The van der Waals surface area contributed by atoms with Crippen molar-refractivity contribution in [3.8, 4) is 0 Å². The summed E-state index contributed by atoms with van der Waals surface area (Å²) in [6.07, 6.45) is 1.25. The highest BCUT2D eigenvalue weighted by Crippen LogP contribution is 2.32. The van der Waals surface area contributed by atoms with E-state index in [4.69, 9.17) is 5.11 Å². The molecule has 2 fully saturated rings. The van der Waals surface area contributed by atoms with Crippen LogP contribution in [-0.4, -0.2) is 46.3 Å². The van der Waals surface area contributed by atoms with Crippen LogP contribution < -0.4 is 5.32 Å². The second-order valence-corrected chi connectivity index (χ2v) is 5.10. The molecule has 1 saturated carbocycles. The Morgan fingerprint density at radius 1 is 1.26 bits per heavy atom. The van der Waals surface area contributed by atoms with Gasteiger partial charge < -0.3 is 10.0 Å². The van der Waals surface area contributed by atoms with E-state index < -0.39 is 35.7 Å². The Labute approximate surface area is 109 Å². The van der Waals surface area contributed by atoms with E-state index in [2.05, 4.69) is 5.32 Å². The number of carbonyl (C=O) groups excluding carboxylic acids is 3. The maximum absolute atomic E-state index is 12.3. The van der Waals surface area contributed by atoms with Gasteiger partial charge in [-0.2, -0.15) is 0 Å². The van der Waals surface area contributed by atoms with E-state index in [9.17, 15) is 19.2 Å². The lowest BCUT2D eigenvalue weighted by atomic mass is 10.0. The number of nitrogens with zero attached hydrogens (tertiary/aromatic N) is 1. The third kappa shape index (κ3) is 2.59.